The van der Waals surface area contributed by atoms with Gasteiger partial charge in [0.2, 0.25) is 0 Å². The first-order valence-electron chi connectivity index (χ1n) is 5.55. The fourth-order valence-electron chi connectivity index (χ4n) is 1.91. The Labute approximate surface area is 110 Å². The minimum atomic E-state index is -0.0963. The lowest BCUT2D eigenvalue weighted by Gasteiger charge is -2.36. The molecule has 1 saturated heterocycles. The summed E-state index contributed by atoms with van der Waals surface area (Å²) in [6.45, 7) is 3.06. The number of carbonyl (C=O) groups excluding carboxylic acids is 1. The minimum absolute atomic E-state index is 0.00355. The zero-order chi connectivity index (χ0) is 12.4. The number of rotatable bonds is 3. The highest BCUT2D eigenvalue weighted by Crippen LogP contribution is 2.26. The second-order valence-corrected chi connectivity index (χ2v) is 5.54. The number of ketones is 1. The van der Waals surface area contributed by atoms with Gasteiger partial charge in [-0.05, 0) is 14.1 Å². The fraction of sp³-hybridized carbons (Fsp3) is 0.636. The van der Waals surface area contributed by atoms with Crippen molar-refractivity contribution in [2.24, 2.45) is 0 Å². The molecule has 17 heavy (non-hydrogen) atoms. The van der Waals surface area contributed by atoms with Gasteiger partial charge in [0.25, 0.3) is 0 Å². The number of Topliss-reactive ketones (excluding diaryl/α,β-unsaturated/α-hetero) is 1. The van der Waals surface area contributed by atoms with Gasteiger partial charge in [0, 0.05) is 25.0 Å². The van der Waals surface area contributed by atoms with Gasteiger partial charge in [-0.1, -0.05) is 0 Å². The molecule has 2 heterocycles. The number of hydrogen-bond acceptors (Lipinski definition) is 5. The van der Waals surface area contributed by atoms with Gasteiger partial charge in [-0.2, -0.15) is 0 Å². The lowest BCUT2D eigenvalue weighted by molar-refractivity contribution is 0.101. The van der Waals surface area contributed by atoms with Crippen LogP contribution in [0.1, 0.15) is 21.5 Å². The summed E-state index contributed by atoms with van der Waals surface area (Å²) in [6, 6.07) is 0.288. The molecule has 0 aliphatic carbocycles. The molecule has 0 radical (unpaired) electrons. The molecule has 1 aromatic rings. The van der Waals surface area contributed by atoms with Crippen LogP contribution >= 0.6 is 22.9 Å². The first-order chi connectivity index (χ1) is 8.11. The first-order valence-corrected chi connectivity index (χ1v) is 6.96. The molecule has 1 aromatic heterocycles. The minimum Gasteiger partial charge on any atom is -0.303 e. The zero-order valence-electron chi connectivity index (χ0n) is 10.0. The third-order valence-electron chi connectivity index (χ3n) is 3.07. The molecular formula is C11H16ClN3OS. The van der Waals surface area contributed by atoms with Crippen molar-refractivity contribution in [2.75, 3.05) is 39.6 Å². The molecule has 0 N–H and O–H groups in total. The van der Waals surface area contributed by atoms with Gasteiger partial charge >= 0.3 is 0 Å². The van der Waals surface area contributed by atoms with E-state index in [1.807, 2.05) is 5.38 Å². The van der Waals surface area contributed by atoms with Crippen LogP contribution in [0.3, 0.4) is 0 Å². The van der Waals surface area contributed by atoms with Crippen LogP contribution in [0.4, 0.5) is 0 Å². The summed E-state index contributed by atoms with van der Waals surface area (Å²) < 4.78 is 0. The van der Waals surface area contributed by atoms with Crippen LogP contribution in [-0.2, 0) is 0 Å². The highest BCUT2D eigenvalue weighted by Gasteiger charge is 2.26. The molecule has 1 atom stereocenters. The molecule has 1 aliphatic rings. The Bertz CT molecular complexity index is 409. The first kappa shape index (κ1) is 13.0. The summed E-state index contributed by atoms with van der Waals surface area (Å²) >= 11 is 7.08. The van der Waals surface area contributed by atoms with Gasteiger partial charge in [0.1, 0.15) is 10.7 Å². The van der Waals surface area contributed by atoms with Crippen LogP contribution in [0.5, 0.6) is 0 Å². The maximum absolute atomic E-state index is 11.4. The molecule has 0 saturated carbocycles. The molecule has 1 aliphatic heterocycles. The van der Waals surface area contributed by atoms with E-state index in [2.05, 4.69) is 28.9 Å². The van der Waals surface area contributed by atoms with E-state index in [4.69, 9.17) is 11.6 Å². The SMILES string of the molecule is CN1CCN(C)C(c2nc(C(=O)CCl)cs2)C1. The topological polar surface area (TPSA) is 36.4 Å². The molecule has 0 aromatic carbocycles. The molecule has 1 unspecified atom stereocenters. The van der Waals surface area contributed by atoms with Crippen molar-refractivity contribution >= 4 is 28.7 Å². The lowest BCUT2D eigenvalue weighted by Crippen LogP contribution is -2.44. The third kappa shape index (κ3) is 2.85. The van der Waals surface area contributed by atoms with Crippen LogP contribution in [0.15, 0.2) is 5.38 Å². The Hall–Kier alpha value is -0.490. The largest absolute Gasteiger partial charge is 0.303 e. The summed E-state index contributed by atoms with van der Waals surface area (Å²) in [5.41, 5.74) is 0.502. The van der Waals surface area contributed by atoms with E-state index in [0.717, 1.165) is 24.6 Å². The van der Waals surface area contributed by atoms with Crippen molar-refractivity contribution in [1.29, 1.82) is 0 Å². The van der Waals surface area contributed by atoms with Crippen molar-refractivity contribution < 1.29 is 4.79 Å². The number of thiazole rings is 1. The molecule has 1 fully saturated rings. The molecular weight excluding hydrogens is 258 g/mol. The van der Waals surface area contributed by atoms with E-state index in [-0.39, 0.29) is 17.7 Å². The van der Waals surface area contributed by atoms with Crippen molar-refractivity contribution in [1.82, 2.24) is 14.8 Å². The predicted molar refractivity (Wildman–Crippen MR) is 70.0 cm³/mol. The van der Waals surface area contributed by atoms with E-state index >= 15 is 0 Å². The Kier molecular flexibility index (Phi) is 4.14. The molecule has 6 heteroatoms. The van der Waals surface area contributed by atoms with Crippen molar-refractivity contribution in [3.63, 3.8) is 0 Å². The lowest BCUT2D eigenvalue weighted by atomic mass is 10.2. The highest BCUT2D eigenvalue weighted by atomic mass is 35.5. The summed E-state index contributed by atoms with van der Waals surface area (Å²) in [5.74, 6) is -0.0928. The number of nitrogens with zero attached hydrogens (tertiary/aromatic N) is 3. The average Bonchev–Trinajstić information content (AvgIpc) is 2.80. The quantitative estimate of drug-likeness (QED) is 0.618. The summed E-state index contributed by atoms with van der Waals surface area (Å²) in [5, 5.41) is 2.81. The second-order valence-electron chi connectivity index (χ2n) is 4.39. The Morgan fingerprint density at radius 3 is 3.06 bits per heavy atom. The van der Waals surface area contributed by atoms with E-state index in [9.17, 15) is 4.79 Å². The van der Waals surface area contributed by atoms with Gasteiger partial charge < -0.3 is 4.90 Å². The van der Waals surface area contributed by atoms with E-state index in [1.54, 1.807) is 11.3 Å². The van der Waals surface area contributed by atoms with Gasteiger partial charge in [-0.3, -0.25) is 9.69 Å². The summed E-state index contributed by atoms with van der Waals surface area (Å²) in [4.78, 5) is 20.4. The summed E-state index contributed by atoms with van der Waals surface area (Å²) in [7, 11) is 4.21. The van der Waals surface area contributed by atoms with Crippen LogP contribution in [0.25, 0.3) is 0 Å². The van der Waals surface area contributed by atoms with Crippen molar-refractivity contribution in [2.45, 2.75) is 6.04 Å². The molecule has 0 bridgehead atoms. The Morgan fingerprint density at radius 1 is 1.59 bits per heavy atom. The number of likely N-dealkylation sites (N-methyl/N-ethyl adjacent to an activating group) is 2. The number of halogens is 1. The highest BCUT2D eigenvalue weighted by molar-refractivity contribution is 7.09. The van der Waals surface area contributed by atoms with Gasteiger partial charge in [0.05, 0.1) is 11.9 Å². The van der Waals surface area contributed by atoms with Crippen LogP contribution in [0.2, 0.25) is 0 Å². The van der Waals surface area contributed by atoms with E-state index in [0.29, 0.717) is 5.69 Å². The van der Waals surface area contributed by atoms with E-state index < -0.39 is 0 Å². The molecule has 0 spiro atoms. The number of aromatic nitrogens is 1. The van der Waals surface area contributed by atoms with Gasteiger partial charge in [0.15, 0.2) is 5.78 Å². The van der Waals surface area contributed by atoms with Crippen molar-refractivity contribution in [3.05, 3.63) is 16.1 Å². The molecule has 94 valence electrons. The van der Waals surface area contributed by atoms with Crippen LogP contribution in [-0.4, -0.2) is 60.2 Å². The Morgan fingerprint density at radius 2 is 2.35 bits per heavy atom. The summed E-state index contributed by atoms with van der Waals surface area (Å²) in [6.07, 6.45) is 0. The smallest absolute Gasteiger partial charge is 0.196 e. The standard InChI is InChI=1S/C11H16ClN3OS/c1-14-3-4-15(2)9(6-14)11-13-8(7-17-11)10(16)5-12/h7,9H,3-6H2,1-2H3. The average molecular weight is 274 g/mol. The maximum atomic E-state index is 11.4. The number of piperazine rings is 1. The number of alkyl halides is 1. The number of carbonyl (C=O) groups is 1. The zero-order valence-corrected chi connectivity index (χ0v) is 11.6. The molecule has 2 rings (SSSR count). The van der Waals surface area contributed by atoms with Crippen molar-refractivity contribution in [3.8, 4) is 0 Å². The predicted octanol–water partition coefficient (Wildman–Crippen LogP) is 1.48. The van der Waals surface area contributed by atoms with Gasteiger partial charge in [-0.15, -0.1) is 22.9 Å². The maximum Gasteiger partial charge on any atom is 0.196 e. The Balaban J connectivity index is 2.15. The second kappa shape index (κ2) is 5.44. The third-order valence-corrected chi connectivity index (χ3v) is 4.25. The normalized spacial score (nSPS) is 22.9. The monoisotopic (exact) mass is 273 g/mol. The number of hydrogen-bond donors (Lipinski definition) is 0. The van der Waals surface area contributed by atoms with E-state index in [1.165, 1.54) is 0 Å². The molecule has 4 nitrogen and oxygen atoms in total. The van der Waals surface area contributed by atoms with Crippen LogP contribution < -0.4 is 0 Å². The van der Waals surface area contributed by atoms with Crippen LogP contribution in [0, 0.1) is 0 Å². The van der Waals surface area contributed by atoms with Gasteiger partial charge in [-0.25, -0.2) is 4.98 Å². The fourth-order valence-corrected chi connectivity index (χ4v) is 3.03. The molecule has 0 amide bonds.